The third-order valence-corrected chi connectivity index (χ3v) is 2.50. The van der Waals surface area contributed by atoms with E-state index in [-0.39, 0.29) is 10.6 Å². The van der Waals surface area contributed by atoms with Gasteiger partial charge in [0.25, 0.3) is 5.69 Å². The number of hydrogen-bond acceptors (Lipinski definition) is 5. The summed E-state index contributed by atoms with van der Waals surface area (Å²) in [7, 11) is 1.78. The summed E-state index contributed by atoms with van der Waals surface area (Å²) in [4.78, 5) is 14.5. The number of nitrogens with zero attached hydrogens (tertiary/aromatic N) is 4. The van der Waals surface area contributed by atoms with Crippen LogP contribution in [0.25, 0.3) is 0 Å². The van der Waals surface area contributed by atoms with Gasteiger partial charge in [0, 0.05) is 24.4 Å². The second kappa shape index (κ2) is 4.82. The molecule has 7 heteroatoms. The third kappa shape index (κ3) is 2.62. The van der Waals surface area contributed by atoms with E-state index in [0.29, 0.717) is 23.6 Å². The molecule has 0 fully saturated rings. The van der Waals surface area contributed by atoms with Gasteiger partial charge in [-0.25, -0.2) is 4.98 Å². The molecule has 0 unspecified atom stereocenters. The zero-order chi connectivity index (χ0) is 13.1. The van der Waals surface area contributed by atoms with Crippen LogP contribution in [0.5, 0.6) is 0 Å². The van der Waals surface area contributed by atoms with Crippen LogP contribution < -0.4 is 5.32 Å². The van der Waals surface area contributed by atoms with Crippen LogP contribution in [-0.4, -0.2) is 19.7 Å². The highest BCUT2D eigenvalue weighted by Crippen LogP contribution is 2.22. The fraction of sp³-hybridized carbons (Fsp3) is 0.273. The second-order valence-corrected chi connectivity index (χ2v) is 3.95. The molecule has 0 amide bonds. The van der Waals surface area contributed by atoms with Crippen molar-refractivity contribution < 1.29 is 4.92 Å². The number of nitro groups is 1. The molecule has 1 aromatic heterocycles. The summed E-state index contributed by atoms with van der Waals surface area (Å²) in [6, 6.07) is 5.02. The molecule has 0 saturated heterocycles. The van der Waals surface area contributed by atoms with Crippen LogP contribution in [0.1, 0.15) is 11.4 Å². The van der Waals surface area contributed by atoms with Crippen molar-refractivity contribution >= 4 is 11.4 Å². The summed E-state index contributed by atoms with van der Waals surface area (Å²) in [6.07, 6.45) is 1.61. The largest absolute Gasteiger partial charge is 0.377 e. The SMILES string of the molecule is Cc1ccc(NCc2ncn(C)n2)cc1[N+](=O)[O-]. The molecule has 18 heavy (non-hydrogen) atoms. The van der Waals surface area contributed by atoms with Crippen LogP contribution in [-0.2, 0) is 13.6 Å². The number of anilines is 1. The van der Waals surface area contributed by atoms with Gasteiger partial charge in [0.05, 0.1) is 11.5 Å². The van der Waals surface area contributed by atoms with Crippen molar-refractivity contribution in [2.75, 3.05) is 5.32 Å². The van der Waals surface area contributed by atoms with Gasteiger partial charge in [-0.2, -0.15) is 5.10 Å². The van der Waals surface area contributed by atoms with Gasteiger partial charge in [0.15, 0.2) is 5.82 Å². The molecule has 1 aromatic carbocycles. The van der Waals surface area contributed by atoms with E-state index >= 15 is 0 Å². The van der Waals surface area contributed by atoms with E-state index in [2.05, 4.69) is 15.4 Å². The van der Waals surface area contributed by atoms with Crippen LogP contribution >= 0.6 is 0 Å². The predicted molar refractivity (Wildman–Crippen MR) is 66.2 cm³/mol. The molecule has 0 spiro atoms. The maximum atomic E-state index is 10.8. The molecule has 2 rings (SSSR count). The summed E-state index contributed by atoms with van der Waals surface area (Å²) < 4.78 is 1.61. The molecule has 1 heterocycles. The van der Waals surface area contributed by atoms with Crippen LogP contribution in [0.15, 0.2) is 24.5 Å². The Morgan fingerprint density at radius 2 is 2.28 bits per heavy atom. The smallest absolute Gasteiger partial charge is 0.274 e. The van der Waals surface area contributed by atoms with E-state index in [9.17, 15) is 10.1 Å². The van der Waals surface area contributed by atoms with Gasteiger partial charge < -0.3 is 5.32 Å². The summed E-state index contributed by atoms with van der Waals surface area (Å²) in [5, 5.41) is 18.0. The van der Waals surface area contributed by atoms with Crippen molar-refractivity contribution in [3.05, 3.63) is 46.0 Å². The topological polar surface area (TPSA) is 85.9 Å². The average molecular weight is 247 g/mol. The van der Waals surface area contributed by atoms with Gasteiger partial charge in [-0.15, -0.1) is 0 Å². The van der Waals surface area contributed by atoms with E-state index in [1.807, 2.05) is 0 Å². The predicted octanol–water partition coefficient (Wildman–Crippen LogP) is 1.64. The van der Waals surface area contributed by atoms with Crippen molar-refractivity contribution in [3.8, 4) is 0 Å². The Morgan fingerprint density at radius 1 is 1.50 bits per heavy atom. The summed E-state index contributed by atoms with van der Waals surface area (Å²) in [5.74, 6) is 0.640. The van der Waals surface area contributed by atoms with Crippen molar-refractivity contribution in [1.82, 2.24) is 14.8 Å². The molecule has 94 valence electrons. The molecule has 0 bridgehead atoms. The number of hydrogen-bond donors (Lipinski definition) is 1. The molecule has 0 atom stereocenters. The number of aromatic nitrogens is 3. The molecule has 0 saturated carbocycles. The minimum absolute atomic E-state index is 0.106. The number of aryl methyl sites for hydroxylation is 2. The van der Waals surface area contributed by atoms with E-state index in [1.54, 1.807) is 37.1 Å². The number of nitrogens with one attached hydrogen (secondary N) is 1. The molecule has 1 N–H and O–H groups in total. The molecule has 2 aromatic rings. The Balaban J connectivity index is 2.10. The number of benzene rings is 1. The average Bonchev–Trinajstić information content (AvgIpc) is 2.74. The van der Waals surface area contributed by atoms with E-state index < -0.39 is 0 Å². The maximum absolute atomic E-state index is 10.8. The molecular formula is C11H13N5O2. The highest BCUT2D eigenvalue weighted by molar-refractivity contribution is 5.54. The lowest BCUT2D eigenvalue weighted by Gasteiger charge is -2.04. The minimum atomic E-state index is -0.389. The number of rotatable bonds is 4. The van der Waals surface area contributed by atoms with Crippen molar-refractivity contribution in [1.29, 1.82) is 0 Å². The van der Waals surface area contributed by atoms with Crippen molar-refractivity contribution in [2.24, 2.45) is 7.05 Å². The van der Waals surface area contributed by atoms with E-state index in [0.717, 1.165) is 0 Å². The molecule has 0 aliphatic rings. The van der Waals surface area contributed by atoms with E-state index in [4.69, 9.17) is 0 Å². The van der Waals surface area contributed by atoms with E-state index in [1.165, 1.54) is 6.07 Å². The summed E-state index contributed by atoms with van der Waals surface area (Å²) in [6.45, 7) is 2.14. The first-order valence-corrected chi connectivity index (χ1v) is 5.39. The Bertz CT molecular complexity index is 579. The van der Waals surface area contributed by atoms with Gasteiger partial charge >= 0.3 is 0 Å². The Hall–Kier alpha value is -2.44. The lowest BCUT2D eigenvalue weighted by Crippen LogP contribution is -2.03. The van der Waals surface area contributed by atoms with Crippen LogP contribution in [0.4, 0.5) is 11.4 Å². The van der Waals surface area contributed by atoms with Crippen molar-refractivity contribution in [2.45, 2.75) is 13.5 Å². The first kappa shape index (κ1) is 12.0. The van der Waals surface area contributed by atoms with Gasteiger partial charge in [-0.3, -0.25) is 14.8 Å². The molecular weight excluding hydrogens is 234 g/mol. The highest BCUT2D eigenvalue weighted by atomic mass is 16.6. The fourth-order valence-corrected chi connectivity index (χ4v) is 1.56. The lowest BCUT2D eigenvalue weighted by molar-refractivity contribution is -0.385. The zero-order valence-electron chi connectivity index (χ0n) is 10.1. The van der Waals surface area contributed by atoms with Crippen LogP contribution in [0.2, 0.25) is 0 Å². The Morgan fingerprint density at radius 3 is 2.89 bits per heavy atom. The van der Waals surface area contributed by atoms with Gasteiger partial charge in [-0.1, -0.05) is 6.07 Å². The standard InChI is InChI=1S/C11H13N5O2/c1-8-3-4-9(5-10(8)16(17)18)12-6-11-13-7-15(2)14-11/h3-5,7,12H,6H2,1-2H3. The third-order valence-electron chi connectivity index (χ3n) is 2.50. The zero-order valence-corrected chi connectivity index (χ0v) is 10.1. The monoisotopic (exact) mass is 247 g/mol. The fourth-order valence-electron chi connectivity index (χ4n) is 1.56. The van der Waals surface area contributed by atoms with Crippen LogP contribution in [0, 0.1) is 17.0 Å². The Labute approximate surface area is 104 Å². The Kier molecular flexibility index (Phi) is 3.22. The van der Waals surface area contributed by atoms with Crippen molar-refractivity contribution in [3.63, 3.8) is 0 Å². The van der Waals surface area contributed by atoms with Crippen LogP contribution in [0.3, 0.4) is 0 Å². The molecule has 0 aliphatic heterocycles. The summed E-state index contributed by atoms with van der Waals surface area (Å²) in [5.41, 5.74) is 1.43. The van der Waals surface area contributed by atoms with Gasteiger partial charge in [0.1, 0.15) is 6.33 Å². The first-order valence-electron chi connectivity index (χ1n) is 5.39. The highest BCUT2D eigenvalue weighted by Gasteiger charge is 2.10. The number of nitro benzene ring substituents is 1. The maximum Gasteiger partial charge on any atom is 0.274 e. The molecule has 0 aliphatic carbocycles. The van der Waals surface area contributed by atoms with Gasteiger partial charge in [-0.05, 0) is 13.0 Å². The molecule has 0 radical (unpaired) electrons. The lowest BCUT2D eigenvalue weighted by atomic mass is 10.2. The second-order valence-electron chi connectivity index (χ2n) is 3.95. The quantitative estimate of drug-likeness (QED) is 0.655. The van der Waals surface area contributed by atoms with Gasteiger partial charge in [0.2, 0.25) is 0 Å². The first-order chi connectivity index (χ1) is 8.56. The normalized spacial score (nSPS) is 10.3. The molecule has 7 nitrogen and oxygen atoms in total. The summed E-state index contributed by atoms with van der Waals surface area (Å²) >= 11 is 0. The minimum Gasteiger partial charge on any atom is -0.377 e.